The maximum atomic E-state index is 10.3. The van der Waals surface area contributed by atoms with Crippen LogP contribution in [-0.2, 0) is 4.79 Å². The maximum absolute atomic E-state index is 10.3. The molecule has 0 aromatic carbocycles. The number of nitrogens with zero attached hydrogens (tertiary/aromatic N) is 2. The molecule has 4 heteroatoms. The van der Waals surface area contributed by atoms with Crippen LogP contribution in [0.25, 0.3) is 0 Å². The van der Waals surface area contributed by atoms with Gasteiger partial charge in [0.2, 0.25) is 0 Å². The van der Waals surface area contributed by atoms with Gasteiger partial charge in [0.25, 0.3) is 0 Å². The summed E-state index contributed by atoms with van der Waals surface area (Å²) in [5.74, 6) is 0. The van der Waals surface area contributed by atoms with Crippen LogP contribution >= 0.6 is 0 Å². The second kappa shape index (κ2) is 6.03. The number of aldehydes is 1. The molecule has 0 aromatic heterocycles. The third-order valence-corrected chi connectivity index (χ3v) is 1.04. The second-order valence-electron chi connectivity index (χ2n) is 1.80. The van der Waals surface area contributed by atoms with Crippen molar-refractivity contribution in [3.05, 3.63) is 24.9 Å². The van der Waals surface area contributed by atoms with Crippen LogP contribution in [0, 0.1) is 0 Å². The molecule has 0 atom stereocenters. The summed E-state index contributed by atoms with van der Waals surface area (Å²) in [7, 11) is 0. The van der Waals surface area contributed by atoms with Crippen LogP contribution in [0.15, 0.2) is 35.1 Å². The van der Waals surface area contributed by atoms with E-state index in [2.05, 4.69) is 16.7 Å². The number of rotatable bonds is 4. The molecule has 0 spiro atoms. The van der Waals surface area contributed by atoms with E-state index in [4.69, 9.17) is 5.21 Å². The van der Waals surface area contributed by atoms with Crippen LogP contribution in [0.2, 0.25) is 0 Å². The molecule has 0 bridgehead atoms. The van der Waals surface area contributed by atoms with Gasteiger partial charge in [-0.25, -0.2) is 0 Å². The van der Waals surface area contributed by atoms with Crippen molar-refractivity contribution < 1.29 is 10.0 Å². The molecule has 12 heavy (non-hydrogen) atoms. The van der Waals surface area contributed by atoms with Crippen molar-refractivity contribution in [1.29, 1.82) is 0 Å². The van der Waals surface area contributed by atoms with Crippen molar-refractivity contribution in [2.24, 2.45) is 10.1 Å². The van der Waals surface area contributed by atoms with Crippen LogP contribution in [0.1, 0.15) is 6.92 Å². The average Bonchev–Trinajstić information content (AvgIpc) is 2.12. The number of hydrogen-bond donors (Lipinski definition) is 1. The predicted octanol–water partition coefficient (Wildman–Crippen LogP) is 1.18. The first-order chi connectivity index (χ1) is 5.79. The lowest BCUT2D eigenvalue weighted by Crippen LogP contribution is -2.12. The van der Waals surface area contributed by atoms with Crippen molar-refractivity contribution in [3.8, 4) is 0 Å². The molecule has 0 aliphatic rings. The van der Waals surface area contributed by atoms with Crippen LogP contribution < -0.4 is 0 Å². The zero-order valence-electron chi connectivity index (χ0n) is 6.77. The van der Waals surface area contributed by atoms with Gasteiger partial charge in [0.1, 0.15) is 0 Å². The monoisotopic (exact) mass is 166 g/mol. The fraction of sp³-hybridized carbons (Fsp3) is 0.125. The molecule has 0 aliphatic carbocycles. The maximum Gasteiger partial charge on any atom is 0.174 e. The Morgan fingerprint density at radius 3 is 2.50 bits per heavy atom. The van der Waals surface area contributed by atoms with E-state index in [1.165, 1.54) is 12.3 Å². The summed E-state index contributed by atoms with van der Waals surface area (Å²) in [5.41, 5.74) is 0.105. The van der Waals surface area contributed by atoms with Crippen LogP contribution in [0.4, 0.5) is 0 Å². The molecule has 4 nitrogen and oxygen atoms in total. The van der Waals surface area contributed by atoms with E-state index in [9.17, 15) is 4.79 Å². The molecule has 0 aliphatic heterocycles. The molecule has 0 fully saturated rings. The van der Waals surface area contributed by atoms with Crippen molar-refractivity contribution in [2.45, 2.75) is 6.92 Å². The Hall–Kier alpha value is -1.71. The lowest BCUT2D eigenvalue weighted by atomic mass is 10.2. The standard InChI is InChI=1S/C8H10N2O2/c1-3-5-9-7(4-2)8(6-11)10-12/h3-6,12H,2H2,1H3/b5-3-,9-7-,10-8+. The predicted molar refractivity (Wildman–Crippen MR) is 47.7 cm³/mol. The van der Waals surface area contributed by atoms with Gasteiger partial charge < -0.3 is 5.21 Å². The highest BCUT2D eigenvalue weighted by atomic mass is 16.4. The van der Waals surface area contributed by atoms with E-state index >= 15 is 0 Å². The first-order valence-electron chi connectivity index (χ1n) is 3.29. The molecule has 64 valence electrons. The van der Waals surface area contributed by atoms with E-state index in [1.807, 2.05) is 0 Å². The molecule has 0 radical (unpaired) electrons. The number of carbonyl (C=O) groups is 1. The van der Waals surface area contributed by atoms with Crippen LogP contribution in [-0.4, -0.2) is 22.9 Å². The summed E-state index contributed by atoms with van der Waals surface area (Å²) in [6, 6.07) is 0. The quantitative estimate of drug-likeness (QED) is 0.295. The Balaban J connectivity index is 4.76. The van der Waals surface area contributed by atoms with Gasteiger partial charge >= 0.3 is 0 Å². The van der Waals surface area contributed by atoms with E-state index in [1.54, 1.807) is 13.0 Å². The Morgan fingerprint density at radius 2 is 2.17 bits per heavy atom. The number of allylic oxidation sites excluding steroid dienone is 2. The summed E-state index contributed by atoms with van der Waals surface area (Å²) < 4.78 is 0. The molecule has 0 aromatic rings. The lowest BCUT2D eigenvalue weighted by molar-refractivity contribution is -0.102. The Kier molecular flexibility index (Phi) is 5.17. The largest absolute Gasteiger partial charge is 0.410 e. The molecular weight excluding hydrogens is 156 g/mol. The van der Waals surface area contributed by atoms with Gasteiger partial charge in [0.15, 0.2) is 12.0 Å². The van der Waals surface area contributed by atoms with E-state index < -0.39 is 0 Å². The molecule has 0 rings (SSSR count). The van der Waals surface area contributed by atoms with Crippen molar-refractivity contribution >= 4 is 17.7 Å². The third-order valence-electron chi connectivity index (χ3n) is 1.04. The highest BCUT2D eigenvalue weighted by Gasteiger charge is 2.02. The smallest absolute Gasteiger partial charge is 0.174 e. The fourth-order valence-corrected chi connectivity index (χ4v) is 0.513. The molecule has 0 heterocycles. The zero-order chi connectivity index (χ0) is 9.40. The minimum atomic E-state index is -0.136. The van der Waals surface area contributed by atoms with E-state index in [-0.39, 0.29) is 11.4 Å². The second-order valence-corrected chi connectivity index (χ2v) is 1.80. The Morgan fingerprint density at radius 1 is 1.50 bits per heavy atom. The molecule has 0 saturated heterocycles. The van der Waals surface area contributed by atoms with Gasteiger partial charge in [0, 0.05) is 6.20 Å². The van der Waals surface area contributed by atoms with Gasteiger partial charge in [0.05, 0.1) is 5.71 Å². The summed E-state index contributed by atoms with van der Waals surface area (Å²) in [6.07, 6.45) is 4.91. The highest BCUT2D eigenvalue weighted by Crippen LogP contribution is 1.86. The summed E-state index contributed by atoms with van der Waals surface area (Å²) in [4.78, 5) is 14.1. The Bertz CT molecular complexity index is 252. The SMILES string of the molecule is C=CC(=N/C=C\C)/C(C=O)=N/O. The average molecular weight is 166 g/mol. The highest BCUT2D eigenvalue weighted by molar-refractivity contribution is 6.64. The molecule has 0 unspecified atom stereocenters. The molecule has 0 amide bonds. The minimum Gasteiger partial charge on any atom is -0.410 e. The van der Waals surface area contributed by atoms with Crippen molar-refractivity contribution in [2.75, 3.05) is 0 Å². The van der Waals surface area contributed by atoms with Gasteiger partial charge in [-0.3, -0.25) is 9.79 Å². The molecule has 1 N–H and O–H groups in total. The minimum absolute atomic E-state index is 0.136. The van der Waals surface area contributed by atoms with Crippen LogP contribution in [0.3, 0.4) is 0 Å². The zero-order valence-corrected chi connectivity index (χ0v) is 6.77. The fourth-order valence-electron chi connectivity index (χ4n) is 0.513. The van der Waals surface area contributed by atoms with E-state index in [0.717, 1.165) is 0 Å². The number of aliphatic imine (C=N–C) groups is 1. The number of oxime groups is 1. The van der Waals surface area contributed by atoms with Gasteiger partial charge in [-0.05, 0) is 13.0 Å². The summed E-state index contributed by atoms with van der Waals surface area (Å²) in [5, 5.41) is 11.1. The Labute approximate surface area is 70.6 Å². The normalized spacial score (nSPS) is 13.4. The van der Waals surface area contributed by atoms with Crippen molar-refractivity contribution in [3.63, 3.8) is 0 Å². The topological polar surface area (TPSA) is 62.0 Å². The van der Waals surface area contributed by atoms with Crippen LogP contribution in [0.5, 0.6) is 0 Å². The van der Waals surface area contributed by atoms with E-state index in [0.29, 0.717) is 6.29 Å². The first kappa shape index (κ1) is 10.3. The molecule has 0 saturated carbocycles. The lowest BCUT2D eigenvalue weighted by Gasteiger charge is -1.92. The van der Waals surface area contributed by atoms with Gasteiger partial charge in [-0.2, -0.15) is 0 Å². The van der Waals surface area contributed by atoms with Gasteiger partial charge in [-0.1, -0.05) is 17.8 Å². The molecular formula is C8H10N2O2. The summed E-state index contributed by atoms with van der Waals surface area (Å²) >= 11 is 0. The summed E-state index contributed by atoms with van der Waals surface area (Å²) in [6.45, 7) is 5.19. The number of carbonyl (C=O) groups excluding carboxylic acids is 1. The number of hydrogen-bond acceptors (Lipinski definition) is 4. The third kappa shape index (κ3) is 2.92. The first-order valence-corrected chi connectivity index (χ1v) is 3.29. The van der Waals surface area contributed by atoms with Gasteiger partial charge in [-0.15, -0.1) is 0 Å². The van der Waals surface area contributed by atoms with Crippen molar-refractivity contribution in [1.82, 2.24) is 0 Å².